The van der Waals surface area contributed by atoms with Gasteiger partial charge in [0.2, 0.25) is 18.5 Å². The van der Waals surface area contributed by atoms with Crippen LogP contribution in [-0.4, -0.2) is 30.1 Å². The zero-order valence-corrected chi connectivity index (χ0v) is 21.7. The Labute approximate surface area is 224 Å². The fraction of sp³-hybridized carbons (Fsp3) is 0.233. The van der Waals surface area contributed by atoms with E-state index in [2.05, 4.69) is 5.32 Å². The summed E-state index contributed by atoms with van der Waals surface area (Å²) in [7, 11) is 0. The summed E-state index contributed by atoms with van der Waals surface area (Å²) in [4.78, 5) is 32.3. The maximum atomic E-state index is 13.6. The number of rotatable bonds is 9. The van der Waals surface area contributed by atoms with E-state index in [1.807, 2.05) is 55.5 Å². The molecular formula is C30H26N2O5S. The Kier molecular flexibility index (Phi) is 6.33. The average molecular weight is 527 g/mol. The molecule has 6 rings (SSSR count). The van der Waals surface area contributed by atoms with Crippen LogP contribution in [0.25, 0.3) is 11.3 Å². The first kappa shape index (κ1) is 24.2. The van der Waals surface area contributed by atoms with Gasteiger partial charge in [0.15, 0.2) is 16.6 Å². The van der Waals surface area contributed by atoms with Crippen molar-refractivity contribution >= 4 is 28.2 Å². The van der Waals surface area contributed by atoms with Crippen LogP contribution in [0.1, 0.15) is 47.0 Å². The Morgan fingerprint density at radius 1 is 1.00 bits per heavy atom. The number of nitrogens with zero attached hydrogens (tertiary/aromatic N) is 1. The number of carbonyl (C=O) groups excluding carboxylic acids is 2. The van der Waals surface area contributed by atoms with E-state index >= 15 is 0 Å². The van der Waals surface area contributed by atoms with Crippen molar-refractivity contribution in [2.75, 3.05) is 18.7 Å². The molecule has 192 valence electrons. The second-order valence-electron chi connectivity index (χ2n) is 9.37. The molecule has 8 heteroatoms. The second-order valence-corrected chi connectivity index (χ2v) is 10.4. The number of anilines is 1. The number of benzene rings is 3. The zero-order valence-electron chi connectivity index (χ0n) is 20.9. The largest absolute Gasteiger partial charge is 0.494 e. The Hall–Kier alpha value is -4.17. The Morgan fingerprint density at radius 3 is 2.50 bits per heavy atom. The molecule has 1 amide bonds. The van der Waals surface area contributed by atoms with Gasteiger partial charge in [-0.2, -0.15) is 0 Å². The molecule has 0 atom stereocenters. The molecule has 1 saturated carbocycles. The van der Waals surface area contributed by atoms with Crippen molar-refractivity contribution in [3.63, 3.8) is 0 Å². The summed E-state index contributed by atoms with van der Waals surface area (Å²) in [6.07, 6.45) is 2.37. The van der Waals surface area contributed by atoms with Crippen molar-refractivity contribution in [3.05, 3.63) is 88.8 Å². The molecule has 1 aliphatic carbocycles. The molecule has 7 nitrogen and oxygen atoms in total. The summed E-state index contributed by atoms with van der Waals surface area (Å²) in [5.41, 5.74) is 2.15. The highest BCUT2D eigenvalue weighted by Crippen LogP contribution is 2.51. The molecule has 3 aromatic carbocycles. The summed E-state index contributed by atoms with van der Waals surface area (Å²) >= 11 is 1.19. The van der Waals surface area contributed by atoms with Crippen LogP contribution in [0.4, 0.5) is 5.13 Å². The highest BCUT2D eigenvalue weighted by atomic mass is 32.1. The number of ether oxygens (including phenoxy) is 3. The maximum absolute atomic E-state index is 13.6. The molecule has 0 radical (unpaired) electrons. The van der Waals surface area contributed by atoms with Crippen LogP contribution in [0.3, 0.4) is 0 Å². The summed E-state index contributed by atoms with van der Waals surface area (Å²) in [6.45, 7) is 2.85. The third-order valence-electron chi connectivity index (χ3n) is 6.80. The van der Waals surface area contributed by atoms with E-state index < -0.39 is 5.41 Å². The van der Waals surface area contributed by atoms with Crippen molar-refractivity contribution in [2.45, 2.75) is 31.6 Å². The van der Waals surface area contributed by atoms with Gasteiger partial charge in [0, 0.05) is 11.1 Å². The van der Waals surface area contributed by atoms with E-state index in [0.717, 1.165) is 36.1 Å². The number of nitrogens with one attached hydrogen (secondary N) is 1. The van der Waals surface area contributed by atoms with Crippen molar-refractivity contribution in [3.8, 4) is 28.5 Å². The topological polar surface area (TPSA) is 86.8 Å². The fourth-order valence-electron chi connectivity index (χ4n) is 4.56. The van der Waals surface area contributed by atoms with Crippen LogP contribution < -0.4 is 19.5 Å². The van der Waals surface area contributed by atoms with Crippen LogP contribution >= 0.6 is 11.3 Å². The number of hydrogen-bond donors (Lipinski definition) is 1. The molecule has 0 saturated heterocycles. The summed E-state index contributed by atoms with van der Waals surface area (Å²) in [5, 5.41) is 3.40. The monoisotopic (exact) mass is 526 g/mol. The van der Waals surface area contributed by atoms with Crippen LogP contribution in [0.15, 0.2) is 72.8 Å². The second kappa shape index (κ2) is 9.95. The van der Waals surface area contributed by atoms with Gasteiger partial charge in [0.05, 0.1) is 17.7 Å². The maximum Gasteiger partial charge on any atom is 0.236 e. The molecular weight excluding hydrogens is 500 g/mol. The van der Waals surface area contributed by atoms with Gasteiger partial charge in [0.25, 0.3) is 0 Å². The molecule has 1 N–H and O–H groups in total. The number of carbonyl (C=O) groups is 2. The highest BCUT2D eigenvalue weighted by Gasteiger charge is 2.52. The van der Waals surface area contributed by atoms with Crippen molar-refractivity contribution in [2.24, 2.45) is 0 Å². The predicted molar refractivity (Wildman–Crippen MR) is 145 cm³/mol. The molecule has 38 heavy (non-hydrogen) atoms. The molecule has 2 heterocycles. The normalized spacial score (nSPS) is 14.7. The number of thiazole rings is 1. The lowest BCUT2D eigenvalue weighted by Crippen LogP contribution is -2.27. The lowest BCUT2D eigenvalue weighted by molar-refractivity contribution is -0.118. The van der Waals surface area contributed by atoms with Gasteiger partial charge in [-0.1, -0.05) is 54.7 Å². The lowest BCUT2D eigenvalue weighted by Gasteiger charge is -2.15. The molecule has 1 aromatic heterocycles. The van der Waals surface area contributed by atoms with E-state index in [-0.39, 0.29) is 18.5 Å². The summed E-state index contributed by atoms with van der Waals surface area (Å²) in [6, 6.07) is 22.3. The minimum atomic E-state index is -0.641. The first-order valence-electron chi connectivity index (χ1n) is 12.6. The van der Waals surface area contributed by atoms with Crippen molar-refractivity contribution in [1.82, 2.24) is 4.98 Å². The fourth-order valence-corrected chi connectivity index (χ4v) is 5.50. The number of fused-ring (bicyclic) bond motifs is 1. The Balaban J connectivity index is 1.29. The lowest BCUT2D eigenvalue weighted by atomic mass is 9.94. The number of hydrogen-bond acceptors (Lipinski definition) is 7. The van der Waals surface area contributed by atoms with Crippen LogP contribution in [0.2, 0.25) is 0 Å². The molecule has 2 aliphatic rings. The quantitative estimate of drug-likeness (QED) is 0.260. The smallest absolute Gasteiger partial charge is 0.236 e. The van der Waals surface area contributed by atoms with Gasteiger partial charge in [-0.05, 0) is 61.2 Å². The van der Waals surface area contributed by atoms with Crippen molar-refractivity contribution < 1.29 is 23.8 Å². The van der Waals surface area contributed by atoms with E-state index in [1.54, 1.807) is 24.3 Å². The van der Waals surface area contributed by atoms with Crippen LogP contribution in [0.5, 0.6) is 17.2 Å². The van der Waals surface area contributed by atoms with Gasteiger partial charge in [-0.3, -0.25) is 9.59 Å². The SMILES string of the molecule is CCCOc1ccc(C(=O)c2sc(NC(=O)C3(c4ccc5c(c4)OCO5)CC3)nc2-c2ccccc2)cc1. The first-order valence-corrected chi connectivity index (χ1v) is 13.4. The van der Waals surface area contributed by atoms with Gasteiger partial charge < -0.3 is 19.5 Å². The molecule has 0 spiro atoms. The molecule has 4 aromatic rings. The Morgan fingerprint density at radius 2 is 1.76 bits per heavy atom. The third-order valence-corrected chi connectivity index (χ3v) is 7.77. The van der Waals surface area contributed by atoms with Crippen LogP contribution in [0, 0.1) is 0 Å². The minimum absolute atomic E-state index is 0.138. The van der Waals surface area contributed by atoms with Gasteiger partial charge >= 0.3 is 0 Å². The first-order chi connectivity index (χ1) is 18.6. The summed E-state index contributed by atoms with van der Waals surface area (Å²) < 4.78 is 16.6. The number of aromatic nitrogens is 1. The standard InChI is InChI=1S/C30H26N2O5S/c1-2-16-35-22-11-8-20(9-12-22)26(33)27-25(19-6-4-3-5-7-19)31-29(38-27)32-28(34)30(14-15-30)21-10-13-23-24(17-21)37-18-36-23/h3-13,17H,2,14-16,18H2,1H3,(H,31,32,34). The minimum Gasteiger partial charge on any atom is -0.494 e. The van der Waals surface area contributed by atoms with E-state index in [1.165, 1.54) is 11.3 Å². The number of ketones is 1. The van der Waals surface area contributed by atoms with Crippen LogP contribution in [-0.2, 0) is 10.2 Å². The van der Waals surface area contributed by atoms with Crippen molar-refractivity contribution in [1.29, 1.82) is 0 Å². The predicted octanol–water partition coefficient (Wildman–Crippen LogP) is 6.23. The average Bonchev–Trinajstić information content (AvgIpc) is 3.45. The summed E-state index contributed by atoms with van der Waals surface area (Å²) in [5.74, 6) is 1.77. The van der Waals surface area contributed by atoms with E-state index in [9.17, 15) is 9.59 Å². The molecule has 1 aliphatic heterocycles. The Bertz CT molecular complexity index is 1490. The molecule has 1 fully saturated rings. The van der Waals surface area contributed by atoms with Gasteiger partial charge in [-0.15, -0.1) is 0 Å². The third kappa shape index (κ3) is 4.52. The zero-order chi connectivity index (χ0) is 26.1. The number of amides is 1. The van der Waals surface area contributed by atoms with Gasteiger partial charge in [0.1, 0.15) is 10.6 Å². The van der Waals surface area contributed by atoms with Gasteiger partial charge in [-0.25, -0.2) is 4.98 Å². The highest BCUT2D eigenvalue weighted by molar-refractivity contribution is 7.18. The molecule has 0 bridgehead atoms. The van der Waals surface area contributed by atoms with E-state index in [4.69, 9.17) is 19.2 Å². The molecule has 0 unspecified atom stereocenters. The van der Waals surface area contributed by atoms with E-state index in [0.29, 0.717) is 39.4 Å².